The van der Waals surface area contributed by atoms with Gasteiger partial charge in [0.25, 0.3) is 5.91 Å². The molecular weight excluding hydrogens is 372 g/mol. The van der Waals surface area contributed by atoms with Crippen LogP contribution in [-0.4, -0.2) is 27.3 Å². The smallest absolute Gasteiger partial charge is 0.251 e. The molecule has 2 aromatic carbocycles. The van der Waals surface area contributed by atoms with Crippen molar-refractivity contribution >= 4 is 29.3 Å². The Bertz CT molecular complexity index is 1060. The lowest BCUT2D eigenvalue weighted by molar-refractivity contribution is -0.113. The number of thioether (sulfide) groups is 1. The van der Waals surface area contributed by atoms with Gasteiger partial charge in [-0.05, 0) is 44.2 Å². The van der Waals surface area contributed by atoms with Crippen LogP contribution in [-0.2, 0) is 11.3 Å². The number of amides is 2. The lowest BCUT2D eigenvalue weighted by Gasteiger charge is -2.17. The molecule has 2 amide bonds. The van der Waals surface area contributed by atoms with E-state index in [2.05, 4.69) is 15.7 Å². The number of para-hydroxylation sites is 1. The lowest BCUT2D eigenvalue weighted by atomic mass is 10.1. The molecule has 142 valence electrons. The highest BCUT2D eigenvalue weighted by Gasteiger charge is 2.18. The highest BCUT2D eigenvalue weighted by atomic mass is 32.2. The number of nitrogens with zero attached hydrogens (tertiary/aromatic N) is 2. The summed E-state index contributed by atoms with van der Waals surface area (Å²) >= 11 is 1.48. The van der Waals surface area contributed by atoms with Crippen molar-refractivity contribution in [3.05, 3.63) is 71.0 Å². The van der Waals surface area contributed by atoms with E-state index in [0.29, 0.717) is 23.5 Å². The molecule has 7 heteroatoms. The molecule has 0 spiro atoms. The lowest BCUT2D eigenvalue weighted by Crippen LogP contribution is -2.24. The number of anilines is 1. The summed E-state index contributed by atoms with van der Waals surface area (Å²) in [6.07, 6.45) is 0. The summed E-state index contributed by atoms with van der Waals surface area (Å²) in [6, 6.07) is 15.3. The van der Waals surface area contributed by atoms with Gasteiger partial charge in [-0.25, -0.2) is 4.68 Å². The van der Waals surface area contributed by atoms with E-state index in [0.717, 1.165) is 27.5 Å². The third-order valence-corrected chi connectivity index (χ3v) is 5.82. The number of aryl methyl sites for hydroxylation is 1. The van der Waals surface area contributed by atoms with Gasteiger partial charge in [0.15, 0.2) is 0 Å². The van der Waals surface area contributed by atoms with Gasteiger partial charge in [0.05, 0.1) is 22.8 Å². The number of benzene rings is 2. The molecule has 3 aromatic rings. The topological polar surface area (TPSA) is 76.0 Å². The van der Waals surface area contributed by atoms with Crippen LogP contribution >= 0.6 is 11.8 Å². The van der Waals surface area contributed by atoms with Gasteiger partial charge in [0, 0.05) is 28.3 Å². The first-order valence-corrected chi connectivity index (χ1v) is 9.97. The predicted octanol–water partition coefficient (Wildman–Crippen LogP) is 3.46. The minimum absolute atomic E-state index is 0.0466. The number of aromatic nitrogens is 2. The number of carbonyl (C=O) groups excluding carboxylic acids is 2. The van der Waals surface area contributed by atoms with Crippen molar-refractivity contribution in [2.45, 2.75) is 25.3 Å². The van der Waals surface area contributed by atoms with Gasteiger partial charge in [-0.2, -0.15) is 5.10 Å². The second-order valence-electron chi connectivity index (χ2n) is 6.63. The molecule has 0 aliphatic carbocycles. The van der Waals surface area contributed by atoms with Crippen LogP contribution in [0.2, 0.25) is 0 Å². The highest BCUT2D eigenvalue weighted by molar-refractivity contribution is 8.00. The maximum Gasteiger partial charge on any atom is 0.251 e. The van der Waals surface area contributed by atoms with E-state index >= 15 is 0 Å². The Balaban J connectivity index is 1.51. The summed E-state index contributed by atoms with van der Waals surface area (Å²) in [5, 5.41) is 10.4. The minimum Gasteiger partial charge on any atom is -0.348 e. The fourth-order valence-corrected chi connectivity index (χ4v) is 4.03. The average Bonchev–Trinajstić information content (AvgIpc) is 2.99. The van der Waals surface area contributed by atoms with Crippen LogP contribution in [0, 0.1) is 13.8 Å². The SMILES string of the molecule is Cc1nn(-c2ccccc2)c(C)c1CNC(=O)c1ccc2c(c1)NC(=O)CS2. The monoisotopic (exact) mass is 392 g/mol. The molecule has 0 saturated heterocycles. The van der Waals surface area contributed by atoms with Crippen molar-refractivity contribution in [2.24, 2.45) is 0 Å². The van der Waals surface area contributed by atoms with E-state index in [4.69, 9.17) is 0 Å². The van der Waals surface area contributed by atoms with Crippen LogP contribution in [0.3, 0.4) is 0 Å². The molecule has 1 aliphatic rings. The highest BCUT2D eigenvalue weighted by Crippen LogP contribution is 2.32. The second-order valence-corrected chi connectivity index (χ2v) is 7.64. The molecular formula is C21H20N4O2S. The zero-order chi connectivity index (χ0) is 19.7. The van der Waals surface area contributed by atoms with Crippen molar-refractivity contribution in [2.75, 3.05) is 11.1 Å². The fraction of sp³-hybridized carbons (Fsp3) is 0.190. The number of rotatable bonds is 4. The average molecular weight is 392 g/mol. The van der Waals surface area contributed by atoms with Crippen LogP contribution in [0.15, 0.2) is 53.4 Å². The molecule has 0 fully saturated rings. The molecule has 4 rings (SSSR count). The van der Waals surface area contributed by atoms with Crippen molar-refractivity contribution in [1.29, 1.82) is 0 Å². The summed E-state index contributed by atoms with van der Waals surface area (Å²) in [5.41, 5.74) is 5.09. The van der Waals surface area contributed by atoms with Gasteiger partial charge in [-0.1, -0.05) is 18.2 Å². The Morgan fingerprint density at radius 1 is 1.21 bits per heavy atom. The van der Waals surface area contributed by atoms with Gasteiger partial charge in [-0.15, -0.1) is 11.8 Å². The molecule has 0 radical (unpaired) electrons. The molecule has 28 heavy (non-hydrogen) atoms. The van der Waals surface area contributed by atoms with Gasteiger partial charge < -0.3 is 10.6 Å². The van der Waals surface area contributed by atoms with Crippen LogP contribution in [0.1, 0.15) is 27.3 Å². The normalized spacial score (nSPS) is 13.0. The summed E-state index contributed by atoms with van der Waals surface area (Å²) in [5.74, 6) is 0.177. The first kappa shape index (κ1) is 18.3. The molecule has 2 heterocycles. The third-order valence-electron chi connectivity index (χ3n) is 4.74. The number of fused-ring (bicyclic) bond motifs is 1. The van der Waals surface area contributed by atoms with Crippen LogP contribution < -0.4 is 10.6 Å². The van der Waals surface area contributed by atoms with Crippen molar-refractivity contribution in [1.82, 2.24) is 15.1 Å². The Labute approximate surface area is 167 Å². The quantitative estimate of drug-likeness (QED) is 0.713. The molecule has 1 aliphatic heterocycles. The molecule has 2 N–H and O–H groups in total. The first-order chi connectivity index (χ1) is 13.5. The number of carbonyl (C=O) groups is 2. The van der Waals surface area contributed by atoms with Crippen molar-refractivity contribution < 1.29 is 9.59 Å². The Morgan fingerprint density at radius 2 is 2.00 bits per heavy atom. The standard InChI is InChI=1S/C21H20N4O2S/c1-13-17(14(2)25(24-13)16-6-4-3-5-7-16)11-22-21(27)15-8-9-19-18(10-15)23-20(26)12-28-19/h3-10H,11-12H2,1-2H3,(H,22,27)(H,23,26). The van der Waals surface area contributed by atoms with Crippen LogP contribution in [0.25, 0.3) is 5.69 Å². The van der Waals surface area contributed by atoms with Gasteiger partial charge in [-0.3, -0.25) is 9.59 Å². The van der Waals surface area contributed by atoms with E-state index in [1.54, 1.807) is 12.1 Å². The number of nitrogens with one attached hydrogen (secondary N) is 2. The van der Waals surface area contributed by atoms with Crippen LogP contribution in [0.5, 0.6) is 0 Å². The largest absolute Gasteiger partial charge is 0.348 e. The predicted molar refractivity (Wildman–Crippen MR) is 110 cm³/mol. The van der Waals surface area contributed by atoms with Crippen molar-refractivity contribution in [3.63, 3.8) is 0 Å². The van der Waals surface area contributed by atoms with E-state index in [1.807, 2.05) is 54.9 Å². The molecule has 6 nitrogen and oxygen atoms in total. The van der Waals surface area contributed by atoms with E-state index in [9.17, 15) is 9.59 Å². The zero-order valence-electron chi connectivity index (χ0n) is 15.7. The maximum atomic E-state index is 12.6. The summed E-state index contributed by atoms with van der Waals surface area (Å²) < 4.78 is 1.89. The minimum atomic E-state index is -0.182. The summed E-state index contributed by atoms with van der Waals surface area (Å²) in [4.78, 5) is 25.2. The Morgan fingerprint density at radius 3 is 2.79 bits per heavy atom. The molecule has 0 bridgehead atoms. The van der Waals surface area contributed by atoms with Gasteiger partial charge in [0.2, 0.25) is 5.91 Å². The van der Waals surface area contributed by atoms with E-state index < -0.39 is 0 Å². The van der Waals surface area contributed by atoms with Crippen molar-refractivity contribution in [3.8, 4) is 5.69 Å². The van der Waals surface area contributed by atoms with Gasteiger partial charge in [0.1, 0.15) is 0 Å². The maximum absolute atomic E-state index is 12.6. The van der Waals surface area contributed by atoms with Gasteiger partial charge >= 0.3 is 0 Å². The zero-order valence-corrected chi connectivity index (χ0v) is 16.5. The third kappa shape index (κ3) is 3.53. The molecule has 0 unspecified atom stereocenters. The molecule has 0 saturated carbocycles. The first-order valence-electron chi connectivity index (χ1n) is 8.98. The van der Waals surface area contributed by atoms with E-state index in [1.165, 1.54) is 11.8 Å². The molecule has 1 aromatic heterocycles. The summed E-state index contributed by atoms with van der Waals surface area (Å²) in [7, 11) is 0. The summed E-state index contributed by atoms with van der Waals surface area (Å²) in [6.45, 7) is 4.33. The Hall–Kier alpha value is -3.06. The molecule has 0 atom stereocenters. The second kappa shape index (κ2) is 7.52. The van der Waals surface area contributed by atoms with Crippen LogP contribution in [0.4, 0.5) is 5.69 Å². The number of hydrogen-bond donors (Lipinski definition) is 2. The van der Waals surface area contributed by atoms with E-state index in [-0.39, 0.29) is 11.8 Å². The Kier molecular flexibility index (Phi) is 4.92. The number of hydrogen-bond acceptors (Lipinski definition) is 4. The fourth-order valence-electron chi connectivity index (χ4n) is 3.25.